The lowest BCUT2D eigenvalue weighted by Crippen LogP contribution is -2.14. The molecule has 0 atom stereocenters. The van der Waals surface area contributed by atoms with E-state index >= 15 is 0 Å². The largest absolute Gasteiger partial charge is 0.478 e. The molecule has 20 heavy (non-hydrogen) atoms. The number of carboxylic acids is 1. The number of nitrogens with one attached hydrogen (secondary N) is 1. The summed E-state index contributed by atoms with van der Waals surface area (Å²) in [5.74, 6) is -0.246. The van der Waals surface area contributed by atoms with Gasteiger partial charge >= 0.3 is 5.97 Å². The van der Waals surface area contributed by atoms with Crippen molar-refractivity contribution in [3.63, 3.8) is 0 Å². The van der Waals surface area contributed by atoms with Crippen molar-refractivity contribution in [3.05, 3.63) is 41.7 Å². The number of carbonyl (C=O) groups excluding carboxylic acids is 1. The Kier molecular flexibility index (Phi) is 4.41. The van der Waals surface area contributed by atoms with Gasteiger partial charge in [0.25, 0.3) is 0 Å². The average Bonchev–Trinajstić information content (AvgIpc) is 2.82. The molecule has 0 fully saturated rings. The van der Waals surface area contributed by atoms with Gasteiger partial charge < -0.3 is 14.9 Å². The van der Waals surface area contributed by atoms with Crippen molar-refractivity contribution in [2.24, 2.45) is 0 Å². The minimum Gasteiger partial charge on any atom is -0.478 e. The number of nitrogens with zero attached hydrogens (tertiary/aromatic N) is 1. The van der Waals surface area contributed by atoms with Gasteiger partial charge in [-0.25, -0.2) is 4.79 Å². The molecule has 2 N–H and O–H groups in total. The van der Waals surface area contributed by atoms with Crippen LogP contribution in [0.5, 0.6) is 0 Å². The molecule has 0 unspecified atom stereocenters. The van der Waals surface area contributed by atoms with Crippen LogP contribution in [0.15, 0.2) is 39.8 Å². The molecule has 0 spiro atoms. The van der Waals surface area contributed by atoms with E-state index in [1.807, 2.05) is 0 Å². The van der Waals surface area contributed by atoms with Gasteiger partial charge in [-0.3, -0.25) is 4.79 Å². The number of hydrogen-bond donors (Lipinski definition) is 2. The van der Waals surface area contributed by atoms with Crippen LogP contribution in [0.25, 0.3) is 0 Å². The number of carbonyl (C=O) groups is 2. The highest BCUT2D eigenvalue weighted by molar-refractivity contribution is 8.00. The number of aromatic carboxylic acids is 1. The van der Waals surface area contributed by atoms with Crippen LogP contribution in [-0.4, -0.2) is 27.9 Å². The van der Waals surface area contributed by atoms with Crippen molar-refractivity contribution in [1.82, 2.24) is 5.16 Å². The molecule has 0 saturated heterocycles. The fourth-order valence-electron chi connectivity index (χ4n) is 1.52. The third-order valence-corrected chi connectivity index (χ3v) is 3.45. The second-order valence-corrected chi connectivity index (χ2v) is 4.98. The molecule has 7 heteroatoms. The minimum absolute atomic E-state index is 0.0935. The molecule has 1 aromatic carbocycles. The molecule has 2 aromatic rings. The number of hydrogen-bond acceptors (Lipinski definition) is 5. The number of anilines is 1. The molecule has 0 aliphatic carbocycles. The smallest absolute Gasteiger partial charge is 0.336 e. The van der Waals surface area contributed by atoms with E-state index in [1.54, 1.807) is 31.2 Å². The number of benzene rings is 1. The summed E-state index contributed by atoms with van der Waals surface area (Å²) >= 11 is 1.16. The van der Waals surface area contributed by atoms with Gasteiger partial charge in [0.05, 0.1) is 11.3 Å². The number of aryl methyl sites for hydroxylation is 1. The molecule has 0 bridgehead atoms. The second kappa shape index (κ2) is 6.25. The SMILES string of the molecule is Cc1cc(NC(=O)CSc2ccccc2C(=O)O)no1. The summed E-state index contributed by atoms with van der Waals surface area (Å²) in [7, 11) is 0. The standard InChI is InChI=1S/C13H12N2O4S/c1-8-6-11(15-19-8)14-12(16)7-20-10-5-3-2-4-9(10)13(17)18/h2-6H,7H2,1H3,(H,17,18)(H,14,15,16). The molecule has 1 heterocycles. The normalized spacial score (nSPS) is 10.2. The van der Waals surface area contributed by atoms with Crippen molar-refractivity contribution < 1.29 is 19.2 Å². The maximum atomic E-state index is 11.7. The van der Waals surface area contributed by atoms with Crippen molar-refractivity contribution in [2.45, 2.75) is 11.8 Å². The van der Waals surface area contributed by atoms with E-state index in [2.05, 4.69) is 10.5 Å². The zero-order valence-electron chi connectivity index (χ0n) is 10.6. The number of amides is 1. The first kappa shape index (κ1) is 14.1. The molecular weight excluding hydrogens is 280 g/mol. The first-order valence-corrected chi connectivity index (χ1v) is 6.73. The Bertz CT molecular complexity index is 639. The van der Waals surface area contributed by atoms with E-state index in [-0.39, 0.29) is 17.2 Å². The van der Waals surface area contributed by atoms with Gasteiger partial charge in [-0.15, -0.1) is 11.8 Å². The third-order valence-electron chi connectivity index (χ3n) is 2.37. The quantitative estimate of drug-likeness (QED) is 0.822. The average molecular weight is 292 g/mol. The van der Waals surface area contributed by atoms with Crippen LogP contribution in [0.2, 0.25) is 0 Å². The van der Waals surface area contributed by atoms with Crippen molar-refractivity contribution >= 4 is 29.5 Å². The van der Waals surface area contributed by atoms with Gasteiger partial charge in [0.2, 0.25) is 5.91 Å². The fourth-order valence-corrected chi connectivity index (χ4v) is 2.36. The van der Waals surface area contributed by atoms with Gasteiger partial charge in [-0.2, -0.15) is 0 Å². The molecular formula is C13H12N2O4S. The van der Waals surface area contributed by atoms with Gasteiger partial charge in [0, 0.05) is 11.0 Å². The Hall–Kier alpha value is -2.28. The number of rotatable bonds is 5. The number of thioether (sulfide) groups is 1. The van der Waals surface area contributed by atoms with Gasteiger partial charge in [0.15, 0.2) is 5.82 Å². The Morgan fingerprint density at radius 1 is 1.40 bits per heavy atom. The summed E-state index contributed by atoms with van der Waals surface area (Å²) in [5, 5.41) is 15.2. The fraction of sp³-hybridized carbons (Fsp3) is 0.154. The molecule has 1 amide bonds. The summed E-state index contributed by atoms with van der Waals surface area (Å²) in [6, 6.07) is 8.15. The van der Waals surface area contributed by atoms with Gasteiger partial charge in [0.1, 0.15) is 5.76 Å². The van der Waals surface area contributed by atoms with E-state index in [9.17, 15) is 9.59 Å². The molecule has 0 aliphatic heterocycles. The monoisotopic (exact) mass is 292 g/mol. The Morgan fingerprint density at radius 3 is 2.80 bits per heavy atom. The summed E-state index contributed by atoms with van der Waals surface area (Å²) < 4.78 is 4.83. The highest BCUT2D eigenvalue weighted by Crippen LogP contribution is 2.22. The number of carboxylic acid groups (broad SMARTS) is 1. The number of aromatic nitrogens is 1. The summed E-state index contributed by atoms with van der Waals surface area (Å²) in [6.45, 7) is 1.72. The molecule has 104 valence electrons. The van der Waals surface area contributed by atoms with Crippen LogP contribution in [0, 0.1) is 6.92 Å². The second-order valence-electron chi connectivity index (χ2n) is 3.96. The van der Waals surface area contributed by atoms with Crippen LogP contribution in [0.3, 0.4) is 0 Å². The van der Waals surface area contributed by atoms with E-state index in [4.69, 9.17) is 9.63 Å². The Labute approximate surface area is 119 Å². The maximum Gasteiger partial charge on any atom is 0.336 e. The topological polar surface area (TPSA) is 92.4 Å². The summed E-state index contributed by atoms with van der Waals surface area (Å²) in [6.07, 6.45) is 0. The van der Waals surface area contributed by atoms with E-state index in [0.717, 1.165) is 11.8 Å². The Morgan fingerprint density at radius 2 is 2.15 bits per heavy atom. The highest BCUT2D eigenvalue weighted by Gasteiger charge is 2.12. The first-order valence-electron chi connectivity index (χ1n) is 5.74. The van der Waals surface area contributed by atoms with Crippen LogP contribution in [-0.2, 0) is 4.79 Å². The lowest BCUT2D eigenvalue weighted by molar-refractivity contribution is -0.113. The van der Waals surface area contributed by atoms with E-state index < -0.39 is 5.97 Å². The zero-order chi connectivity index (χ0) is 14.5. The molecule has 0 aliphatic rings. The zero-order valence-corrected chi connectivity index (χ0v) is 11.4. The predicted octanol–water partition coefficient (Wildman–Crippen LogP) is 2.41. The molecule has 6 nitrogen and oxygen atoms in total. The maximum absolute atomic E-state index is 11.7. The Balaban J connectivity index is 1.95. The van der Waals surface area contributed by atoms with Crippen LogP contribution in [0.1, 0.15) is 16.1 Å². The molecule has 0 radical (unpaired) electrons. The molecule has 2 rings (SSSR count). The van der Waals surface area contributed by atoms with Crippen LogP contribution < -0.4 is 5.32 Å². The predicted molar refractivity (Wildman–Crippen MR) is 74.0 cm³/mol. The highest BCUT2D eigenvalue weighted by atomic mass is 32.2. The van der Waals surface area contributed by atoms with Crippen molar-refractivity contribution in [2.75, 3.05) is 11.1 Å². The van der Waals surface area contributed by atoms with Crippen molar-refractivity contribution in [3.8, 4) is 0 Å². The van der Waals surface area contributed by atoms with E-state index in [0.29, 0.717) is 16.5 Å². The van der Waals surface area contributed by atoms with Crippen molar-refractivity contribution in [1.29, 1.82) is 0 Å². The molecule has 1 aromatic heterocycles. The lowest BCUT2D eigenvalue weighted by atomic mass is 10.2. The third kappa shape index (κ3) is 3.61. The van der Waals surface area contributed by atoms with Crippen LogP contribution in [0.4, 0.5) is 5.82 Å². The minimum atomic E-state index is -1.01. The summed E-state index contributed by atoms with van der Waals surface area (Å²) in [5.41, 5.74) is 0.183. The lowest BCUT2D eigenvalue weighted by Gasteiger charge is -2.05. The van der Waals surface area contributed by atoms with Gasteiger partial charge in [-0.05, 0) is 19.1 Å². The molecule has 0 saturated carbocycles. The summed E-state index contributed by atoms with van der Waals surface area (Å²) in [4.78, 5) is 23.3. The van der Waals surface area contributed by atoms with E-state index in [1.165, 1.54) is 6.07 Å². The van der Waals surface area contributed by atoms with Crippen LogP contribution >= 0.6 is 11.8 Å². The first-order chi connectivity index (χ1) is 9.56. The van der Waals surface area contributed by atoms with Gasteiger partial charge in [-0.1, -0.05) is 17.3 Å².